The van der Waals surface area contributed by atoms with E-state index >= 15 is 0 Å². The van der Waals surface area contributed by atoms with E-state index in [4.69, 9.17) is 16.3 Å². The summed E-state index contributed by atoms with van der Waals surface area (Å²) in [4.78, 5) is 22.4. The molecule has 0 N–H and O–H groups in total. The van der Waals surface area contributed by atoms with E-state index < -0.39 is 10.9 Å². The summed E-state index contributed by atoms with van der Waals surface area (Å²) in [6.45, 7) is 1.99. The van der Waals surface area contributed by atoms with Gasteiger partial charge >= 0.3 is 5.97 Å². The van der Waals surface area contributed by atoms with Crippen LogP contribution in [-0.4, -0.2) is 21.1 Å². The first kappa shape index (κ1) is 17.5. The van der Waals surface area contributed by atoms with Crippen molar-refractivity contribution in [1.29, 1.82) is 0 Å². The monoisotopic (exact) mass is 369 g/mol. The maximum Gasteiger partial charge on any atom is 0.345 e. The van der Waals surface area contributed by atoms with Crippen molar-refractivity contribution in [2.75, 3.05) is 0 Å². The Morgan fingerprint density at radius 1 is 1.08 bits per heavy atom. The molecule has 1 heterocycles. The van der Waals surface area contributed by atoms with Crippen molar-refractivity contribution >= 4 is 23.3 Å². The van der Waals surface area contributed by atoms with Crippen LogP contribution in [0.2, 0.25) is 5.02 Å². The molecule has 7 nitrogen and oxygen atoms in total. The van der Waals surface area contributed by atoms with Crippen LogP contribution in [0, 0.1) is 17.0 Å². The fraction of sp³-hybridized carbons (Fsp3) is 0.0556. The zero-order valence-electron chi connectivity index (χ0n) is 13.5. The van der Waals surface area contributed by atoms with Crippen molar-refractivity contribution in [3.8, 4) is 17.1 Å². The normalized spacial score (nSPS) is 10.4. The lowest BCUT2D eigenvalue weighted by Crippen LogP contribution is -2.10. The first-order valence-electron chi connectivity index (χ1n) is 7.51. The molecule has 130 valence electrons. The number of benzene rings is 2. The van der Waals surface area contributed by atoms with Crippen LogP contribution in [-0.2, 0) is 0 Å². The summed E-state index contributed by atoms with van der Waals surface area (Å²) in [6, 6.07) is 14.6. The van der Waals surface area contributed by atoms with Crippen LogP contribution in [0.5, 0.6) is 5.88 Å². The first-order valence-corrected chi connectivity index (χ1v) is 7.89. The number of nitrogens with zero attached hydrogens (tertiary/aromatic N) is 3. The summed E-state index contributed by atoms with van der Waals surface area (Å²) in [6.07, 6.45) is 0. The third-order valence-electron chi connectivity index (χ3n) is 3.56. The molecule has 0 radical (unpaired) electrons. The Balaban J connectivity index is 1.77. The first-order chi connectivity index (χ1) is 12.4. The molecule has 0 amide bonds. The number of halogens is 1. The van der Waals surface area contributed by atoms with Gasteiger partial charge in [-0.25, -0.2) is 4.79 Å². The highest BCUT2D eigenvalue weighted by Crippen LogP contribution is 2.25. The fourth-order valence-electron chi connectivity index (χ4n) is 2.19. The zero-order valence-corrected chi connectivity index (χ0v) is 14.3. The van der Waals surface area contributed by atoms with E-state index in [9.17, 15) is 14.9 Å². The Labute approximate surface area is 153 Å². The highest BCUT2D eigenvalue weighted by atomic mass is 35.5. The predicted octanol–water partition coefficient (Wildman–Crippen LogP) is 4.23. The summed E-state index contributed by atoms with van der Waals surface area (Å²) in [5, 5.41) is 18.7. The van der Waals surface area contributed by atoms with E-state index in [1.807, 2.05) is 31.2 Å². The van der Waals surface area contributed by atoms with Crippen molar-refractivity contribution in [2.24, 2.45) is 0 Å². The number of aryl methyl sites for hydroxylation is 1. The average Bonchev–Trinajstić information content (AvgIpc) is 2.63. The Morgan fingerprint density at radius 2 is 1.81 bits per heavy atom. The van der Waals surface area contributed by atoms with E-state index in [1.54, 1.807) is 6.07 Å². The van der Waals surface area contributed by atoms with E-state index in [-0.39, 0.29) is 22.2 Å². The van der Waals surface area contributed by atoms with Crippen LogP contribution in [0.4, 0.5) is 5.69 Å². The summed E-state index contributed by atoms with van der Waals surface area (Å²) in [7, 11) is 0. The minimum absolute atomic E-state index is 0.00879. The van der Waals surface area contributed by atoms with Crippen LogP contribution >= 0.6 is 11.6 Å². The van der Waals surface area contributed by atoms with Gasteiger partial charge in [0, 0.05) is 17.7 Å². The van der Waals surface area contributed by atoms with Gasteiger partial charge in [-0.1, -0.05) is 41.4 Å². The molecule has 0 fully saturated rings. The van der Waals surface area contributed by atoms with Crippen molar-refractivity contribution in [3.05, 3.63) is 80.9 Å². The average molecular weight is 370 g/mol. The van der Waals surface area contributed by atoms with E-state index in [0.29, 0.717) is 5.69 Å². The van der Waals surface area contributed by atoms with Crippen molar-refractivity contribution < 1.29 is 14.5 Å². The third kappa shape index (κ3) is 3.84. The molecule has 0 aliphatic carbocycles. The van der Waals surface area contributed by atoms with E-state index in [1.165, 1.54) is 18.2 Å². The minimum atomic E-state index is -0.790. The topological polar surface area (TPSA) is 95.2 Å². The van der Waals surface area contributed by atoms with Crippen molar-refractivity contribution in [3.63, 3.8) is 0 Å². The van der Waals surface area contributed by atoms with Gasteiger partial charge < -0.3 is 4.74 Å². The summed E-state index contributed by atoms with van der Waals surface area (Å²) < 4.78 is 5.11. The lowest BCUT2D eigenvalue weighted by molar-refractivity contribution is -0.384. The van der Waals surface area contributed by atoms with E-state index in [2.05, 4.69) is 10.2 Å². The smallest absolute Gasteiger partial charge is 0.345 e. The molecular formula is C18H12ClN3O4. The highest BCUT2D eigenvalue weighted by Gasteiger charge is 2.18. The maximum atomic E-state index is 12.1. The van der Waals surface area contributed by atoms with Crippen molar-refractivity contribution in [1.82, 2.24) is 10.2 Å². The molecule has 0 saturated carbocycles. The second kappa shape index (κ2) is 7.28. The number of hydrogen-bond donors (Lipinski definition) is 0. The summed E-state index contributed by atoms with van der Waals surface area (Å²) in [5.74, 6) is -0.800. The molecule has 0 saturated heterocycles. The number of aromatic nitrogens is 2. The molecule has 26 heavy (non-hydrogen) atoms. The molecule has 0 aliphatic heterocycles. The Hall–Kier alpha value is -3.32. The van der Waals surface area contributed by atoms with Gasteiger partial charge in [0.2, 0.25) is 5.88 Å². The highest BCUT2D eigenvalue weighted by molar-refractivity contribution is 6.32. The van der Waals surface area contributed by atoms with E-state index in [0.717, 1.165) is 17.2 Å². The molecule has 0 spiro atoms. The standard InChI is InChI=1S/C18H12ClN3O4/c1-11-2-4-12(5-3-11)15-8-9-17(21-20-15)26-18(23)13-6-7-14(19)16(10-13)22(24)25/h2-10H,1H3. The van der Waals surface area contributed by atoms with Crippen molar-refractivity contribution in [2.45, 2.75) is 6.92 Å². The lowest BCUT2D eigenvalue weighted by Gasteiger charge is -2.05. The van der Waals surface area contributed by atoms with Crippen LogP contribution < -0.4 is 4.74 Å². The molecule has 3 rings (SSSR count). The van der Waals surface area contributed by atoms with Gasteiger partial charge in [0.1, 0.15) is 5.02 Å². The maximum absolute atomic E-state index is 12.1. The molecule has 8 heteroatoms. The van der Waals surface area contributed by atoms with Gasteiger partial charge in [0.05, 0.1) is 16.2 Å². The van der Waals surface area contributed by atoms with Gasteiger partial charge in [-0.15, -0.1) is 10.2 Å². The van der Waals surface area contributed by atoms with Crippen LogP contribution in [0.1, 0.15) is 15.9 Å². The number of carbonyl (C=O) groups excluding carboxylic acids is 1. The SMILES string of the molecule is Cc1ccc(-c2ccc(OC(=O)c3ccc(Cl)c([N+](=O)[O-])c3)nn2)cc1. The van der Waals surface area contributed by atoms with Crippen LogP contribution in [0.25, 0.3) is 11.3 Å². The van der Waals surface area contributed by atoms with Gasteiger partial charge in [-0.2, -0.15) is 0 Å². The molecule has 3 aromatic rings. The van der Waals surface area contributed by atoms with Crippen LogP contribution in [0.15, 0.2) is 54.6 Å². The van der Waals surface area contributed by atoms with Gasteiger partial charge in [0.25, 0.3) is 5.69 Å². The quantitative estimate of drug-likeness (QED) is 0.388. The summed E-state index contributed by atoms with van der Waals surface area (Å²) in [5.41, 5.74) is 2.26. The van der Waals surface area contributed by atoms with Gasteiger partial charge in [-0.05, 0) is 25.1 Å². The fourth-order valence-corrected chi connectivity index (χ4v) is 2.37. The van der Waals surface area contributed by atoms with Gasteiger partial charge in [-0.3, -0.25) is 10.1 Å². The Kier molecular flexibility index (Phi) is 4.90. The van der Waals surface area contributed by atoms with Gasteiger partial charge in [0.15, 0.2) is 0 Å². The second-order valence-corrected chi connectivity index (χ2v) is 5.84. The minimum Gasteiger partial charge on any atom is -0.402 e. The molecule has 1 aromatic heterocycles. The number of hydrogen-bond acceptors (Lipinski definition) is 6. The molecule has 0 bridgehead atoms. The zero-order chi connectivity index (χ0) is 18.7. The molecular weight excluding hydrogens is 358 g/mol. The number of nitro groups is 1. The number of ether oxygens (including phenoxy) is 1. The number of esters is 1. The molecule has 0 aliphatic rings. The molecule has 2 aromatic carbocycles. The number of rotatable bonds is 4. The molecule has 0 atom stereocenters. The second-order valence-electron chi connectivity index (χ2n) is 5.44. The number of nitro benzene ring substituents is 1. The Morgan fingerprint density at radius 3 is 2.42 bits per heavy atom. The largest absolute Gasteiger partial charge is 0.402 e. The van der Waals surface area contributed by atoms with Crippen LogP contribution in [0.3, 0.4) is 0 Å². The predicted molar refractivity (Wildman–Crippen MR) is 95.3 cm³/mol. The Bertz CT molecular complexity index is 973. The molecule has 0 unspecified atom stereocenters. The summed E-state index contributed by atoms with van der Waals surface area (Å²) >= 11 is 5.73. The lowest BCUT2D eigenvalue weighted by atomic mass is 10.1. The number of carbonyl (C=O) groups is 1. The third-order valence-corrected chi connectivity index (χ3v) is 3.88.